The molecule has 0 saturated heterocycles. The summed E-state index contributed by atoms with van der Waals surface area (Å²) in [5, 5.41) is 6.58. The highest BCUT2D eigenvalue weighted by Gasteiger charge is 2.06. The maximum Gasteiger partial charge on any atom is 0.216 e. The lowest BCUT2D eigenvalue weighted by Gasteiger charge is -2.15. The minimum absolute atomic E-state index is 0.445. The number of aliphatic imine (C=N–C) groups is 1. The molecule has 0 fully saturated rings. The first-order valence-electron chi connectivity index (χ1n) is 7.89. The van der Waals surface area contributed by atoms with Gasteiger partial charge < -0.3 is 19.8 Å². The van der Waals surface area contributed by atoms with Crippen molar-refractivity contribution in [2.24, 2.45) is 4.99 Å². The molecule has 22 heavy (non-hydrogen) atoms. The fraction of sp³-hybridized carbons (Fsp3) is 0.625. The monoisotopic (exact) mass is 306 g/mol. The molecule has 0 bridgehead atoms. The van der Waals surface area contributed by atoms with Crippen LogP contribution in [0.4, 0.5) is 0 Å². The van der Waals surface area contributed by atoms with Crippen molar-refractivity contribution >= 4 is 5.96 Å². The molecule has 0 aliphatic carbocycles. The van der Waals surface area contributed by atoms with Gasteiger partial charge >= 0.3 is 0 Å². The summed E-state index contributed by atoms with van der Waals surface area (Å²) in [5.41, 5.74) is 2.38. The molecule has 1 aromatic rings. The van der Waals surface area contributed by atoms with Crippen molar-refractivity contribution in [1.29, 1.82) is 0 Å². The van der Waals surface area contributed by atoms with Crippen molar-refractivity contribution in [3.8, 4) is 0 Å². The van der Waals surface area contributed by atoms with Crippen LogP contribution >= 0.6 is 0 Å². The van der Waals surface area contributed by atoms with Crippen LogP contribution in [0.1, 0.15) is 37.1 Å². The minimum Gasteiger partial charge on any atom is -0.444 e. The van der Waals surface area contributed by atoms with E-state index < -0.39 is 0 Å². The smallest absolute Gasteiger partial charge is 0.216 e. The van der Waals surface area contributed by atoms with Crippen LogP contribution in [0.5, 0.6) is 0 Å². The van der Waals surface area contributed by atoms with Crippen molar-refractivity contribution in [1.82, 2.24) is 15.6 Å². The third-order valence-electron chi connectivity index (χ3n) is 3.59. The Balaban J connectivity index is 1.82. The fourth-order valence-electron chi connectivity index (χ4n) is 2.23. The molecule has 2 N–H and O–H groups in total. The highest BCUT2D eigenvalue weighted by Crippen LogP contribution is 2.11. The van der Waals surface area contributed by atoms with E-state index in [-0.39, 0.29) is 0 Å². The lowest BCUT2D eigenvalue weighted by atomic mass is 10.1. The lowest BCUT2D eigenvalue weighted by molar-refractivity contribution is 0.153. The zero-order valence-electron chi connectivity index (χ0n) is 13.7. The number of rotatable bonds is 6. The Hall–Kier alpha value is -1.82. The Morgan fingerprint density at radius 1 is 1.36 bits per heavy atom. The molecule has 0 aromatic carbocycles. The van der Waals surface area contributed by atoms with Gasteiger partial charge in [0.2, 0.25) is 5.89 Å². The summed E-state index contributed by atoms with van der Waals surface area (Å²) < 4.78 is 10.9. The van der Waals surface area contributed by atoms with Crippen LogP contribution in [0, 0.1) is 13.8 Å². The van der Waals surface area contributed by atoms with E-state index in [0.717, 1.165) is 56.6 Å². The summed E-state index contributed by atoms with van der Waals surface area (Å²) in [6.07, 6.45) is 4.22. The first-order valence-corrected chi connectivity index (χ1v) is 7.89. The Kier molecular flexibility index (Phi) is 6.45. The van der Waals surface area contributed by atoms with E-state index in [9.17, 15) is 0 Å². The topological polar surface area (TPSA) is 71.7 Å². The zero-order chi connectivity index (χ0) is 15.8. The quantitative estimate of drug-likeness (QED) is 0.478. The van der Waals surface area contributed by atoms with E-state index in [0.29, 0.717) is 12.4 Å². The van der Waals surface area contributed by atoms with Gasteiger partial charge in [-0.1, -0.05) is 11.6 Å². The minimum atomic E-state index is 0.445. The summed E-state index contributed by atoms with van der Waals surface area (Å²) in [6.45, 7) is 9.62. The van der Waals surface area contributed by atoms with Gasteiger partial charge in [0.25, 0.3) is 0 Å². The van der Waals surface area contributed by atoms with Gasteiger partial charge in [-0.3, -0.25) is 0 Å². The van der Waals surface area contributed by atoms with Gasteiger partial charge in [-0.15, -0.1) is 0 Å². The Morgan fingerprint density at radius 2 is 2.23 bits per heavy atom. The molecule has 0 spiro atoms. The molecular formula is C16H26N4O2. The standard InChI is InChI=1S/C16H26N4O2/c1-4-17-16(18-8-5-14-6-9-21-10-7-14)19-11-15-20-12(2)13(3)22-15/h6H,4-5,7-11H2,1-3H3,(H2,17,18,19). The zero-order valence-corrected chi connectivity index (χ0v) is 13.7. The molecule has 6 nitrogen and oxygen atoms in total. The van der Waals surface area contributed by atoms with Gasteiger partial charge in [0.05, 0.1) is 18.9 Å². The first-order chi connectivity index (χ1) is 10.7. The van der Waals surface area contributed by atoms with E-state index in [1.807, 2.05) is 13.8 Å². The number of oxazole rings is 1. The predicted molar refractivity (Wildman–Crippen MR) is 86.9 cm³/mol. The molecule has 0 radical (unpaired) electrons. The van der Waals surface area contributed by atoms with Crippen LogP contribution in [0.25, 0.3) is 0 Å². The molecule has 2 heterocycles. The molecular weight excluding hydrogens is 280 g/mol. The molecule has 1 aliphatic rings. The summed E-state index contributed by atoms with van der Waals surface area (Å²) >= 11 is 0. The van der Waals surface area contributed by atoms with E-state index in [4.69, 9.17) is 9.15 Å². The molecule has 1 aromatic heterocycles. The Morgan fingerprint density at radius 3 is 2.86 bits per heavy atom. The number of nitrogens with zero attached hydrogens (tertiary/aromatic N) is 2. The molecule has 0 amide bonds. The Bertz CT molecular complexity index is 515. The van der Waals surface area contributed by atoms with Crippen molar-refractivity contribution < 1.29 is 9.15 Å². The van der Waals surface area contributed by atoms with E-state index in [1.165, 1.54) is 5.57 Å². The molecule has 2 rings (SSSR count). The fourth-order valence-corrected chi connectivity index (χ4v) is 2.23. The van der Waals surface area contributed by atoms with Crippen LogP contribution in [0.2, 0.25) is 0 Å². The average Bonchev–Trinajstić information content (AvgIpc) is 2.84. The van der Waals surface area contributed by atoms with E-state index in [1.54, 1.807) is 0 Å². The maximum atomic E-state index is 5.55. The van der Waals surface area contributed by atoms with Crippen LogP contribution in [0.3, 0.4) is 0 Å². The molecule has 1 aliphatic heterocycles. The summed E-state index contributed by atoms with van der Waals surface area (Å²) in [5.74, 6) is 2.30. The summed E-state index contributed by atoms with van der Waals surface area (Å²) in [6, 6.07) is 0. The van der Waals surface area contributed by atoms with Gasteiger partial charge in [0.15, 0.2) is 5.96 Å². The number of aryl methyl sites for hydroxylation is 2. The highest BCUT2D eigenvalue weighted by atomic mass is 16.5. The third kappa shape index (κ3) is 5.18. The van der Waals surface area contributed by atoms with Gasteiger partial charge in [-0.05, 0) is 33.6 Å². The second kappa shape index (κ2) is 8.58. The van der Waals surface area contributed by atoms with Crippen LogP contribution in [-0.2, 0) is 11.3 Å². The number of ether oxygens (including phenoxy) is 1. The van der Waals surface area contributed by atoms with Gasteiger partial charge in [-0.2, -0.15) is 0 Å². The summed E-state index contributed by atoms with van der Waals surface area (Å²) in [4.78, 5) is 8.86. The second-order valence-electron chi connectivity index (χ2n) is 5.31. The van der Waals surface area contributed by atoms with Gasteiger partial charge in [-0.25, -0.2) is 9.98 Å². The normalized spacial score (nSPS) is 15.6. The number of hydrogen-bond acceptors (Lipinski definition) is 4. The van der Waals surface area contributed by atoms with Crippen molar-refractivity contribution in [2.75, 3.05) is 26.3 Å². The highest BCUT2D eigenvalue weighted by molar-refractivity contribution is 5.79. The predicted octanol–water partition coefficient (Wildman–Crippen LogP) is 2.08. The number of hydrogen-bond donors (Lipinski definition) is 2. The van der Waals surface area contributed by atoms with E-state index >= 15 is 0 Å². The maximum absolute atomic E-state index is 5.55. The van der Waals surface area contributed by atoms with Gasteiger partial charge in [0, 0.05) is 13.1 Å². The molecule has 0 saturated carbocycles. The third-order valence-corrected chi connectivity index (χ3v) is 3.59. The summed E-state index contributed by atoms with van der Waals surface area (Å²) in [7, 11) is 0. The number of guanidine groups is 1. The number of aromatic nitrogens is 1. The van der Waals surface area contributed by atoms with E-state index in [2.05, 4.69) is 33.6 Å². The molecule has 122 valence electrons. The molecule has 0 atom stereocenters. The van der Waals surface area contributed by atoms with Crippen molar-refractivity contribution in [3.05, 3.63) is 29.0 Å². The van der Waals surface area contributed by atoms with Crippen LogP contribution < -0.4 is 10.6 Å². The SMILES string of the molecule is CCNC(=NCc1nc(C)c(C)o1)NCCC1=CCOCC1. The number of nitrogens with one attached hydrogen (secondary N) is 2. The van der Waals surface area contributed by atoms with Crippen LogP contribution in [0.15, 0.2) is 21.1 Å². The molecule has 6 heteroatoms. The first kappa shape index (κ1) is 16.5. The second-order valence-corrected chi connectivity index (χ2v) is 5.31. The van der Waals surface area contributed by atoms with Gasteiger partial charge in [0.1, 0.15) is 12.3 Å². The lowest BCUT2D eigenvalue weighted by Crippen LogP contribution is -2.38. The van der Waals surface area contributed by atoms with Crippen molar-refractivity contribution in [2.45, 2.75) is 40.2 Å². The average molecular weight is 306 g/mol. The Labute approximate surface area is 132 Å². The largest absolute Gasteiger partial charge is 0.444 e. The van der Waals surface area contributed by atoms with Crippen molar-refractivity contribution in [3.63, 3.8) is 0 Å². The van der Waals surface area contributed by atoms with Crippen LogP contribution in [-0.4, -0.2) is 37.2 Å². The molecule has 0 unspecified atom stereocenters.